The van der Waals surface area contributed by atoms with Crippen LogP contribution in [0.2, 0.25) is 0 Å². The quantitative estimate of drug-likeness (QED) is 0.820. The van der Waals surface area contributed by atoms with E-state index in [1.54, 1.807) is 25.3 Å². The zero-order valence-corrected chi connectivity index (χ0v) is 10.1. The number of carbonyl (C=O) groups is 2. The summed E-state index contributed by atoms with van der Waals surface area (Å²) in [4.78, 5) is 26.4. The van der Waals surface area contributed by atoms with Gasteiger partial charge in [0.1, 0.15) is 6.54 Å². The lowest BCUT2D eigenvalue weighted by atomic mass is 10.3. The van der Waals surface area contributed by atoms with Crippen molar-refractivity contribution in [3.05, 3.63) is 35.9 Å². The molecule has 98 valence electrons. The molecule has 19 heavy (non-hydrogen) atoms. The zero-order chi connectivity index (χ0) is 13.8. The predicted molar refractivity (Wildman–Crippen MR) is 64.6 cm³/mol. The van der Waals surface area contributed by atoms with Crippen LogP contribution in [0.1, 0.15) is 16.2 Å². The number of aromatic carboxylic acids is 1. The van der Waals surface area contributed by atoms with E-state index in [0.717, 1.165) is 4.68 Å². The van der Waals surface area contributed by atoms with E-state index < -0.39 is 5.97 Å². The fourth-order valence-corrected chi connectivity index (χ4v) is 1.43. The van der Waals surface area contributed by atoms with Crippen molar-refractivity contribution in [2.24, 2.45) is 0 Å². The third kappa shape index (κ3) is 3.12. The number of aryl methyl sites for hydroxylation is 1. The van der Waals surface area contributed by atoms with E-state index in [1.807, 2.05) is 0 Å². The Bertz CT molecular complexity index is 622. The van der Waals surface area contributed by atoms with Crippen molar-refractivity contribution in [2.75, 3.05) is 5.32 Å². The van der Waals surface area contributed by atoms with Crippen LogP contribution in [0.15, 0.2) is 24.5 Å². The second-order valence-corrected chi connectivity index (χ2v) is 3.79. The summed E-state index contributed by atoms with van der Waals surface area (Å²) < 4.78 is 1.16. The molecule has 8 heteroatoms. The molecule has 0 saturated heterocycles. The number of amides is 1. The lowest BCUT2D eigenvalue weighted by Gasteiger charge is -2.06. The van der Waals surface area contributed by atoms with Gasteiger partial charge in [0.2, 0.25) is 5.91 Å². The second kappa shape index (κ2) is 5.25. The number of hydrogen-bond acceptors (Lipinski definition) is 5. The lowest BCUT2D eigenvalue weighted by molar-refractivity contribution is -0.116. The smallest absolute Gasteiger partial charge is 0.358 e. The molecule has 0 radical (unpaired) electrons. The summed E-state index contributed by atoms with van der Waals surface area (Å²) in [6.07, 6.45) is 2.82. The monoisotopic (exact) mass is 261 g/mol. The molecule has 2 rings (SSSR count). The van der Waals surface area contributed by atoms with Crippen LogP contribution in [0.25, 0.3) is 0 Å². The summed E-state index contributed by atoms with van der Waals surface area (Å²) in [5, 5.41) is 18.3. The van der Waals surface area contributed by atoms with E-state index in [9.17, 15) is 9.59 Å². The third-order valence-electron chi connectivity index (χ3n) is 2.34. The summed E-state index contributed by atoms with van der Waals surface area (Å²) in [7, 11) is 0. The Hall–Kier alpha value is -2.77. The number of nitrogens with zero attached hydrogens (tertiary/aromatic N) is 4. The van der Waals surface area contributed by atoms with Crippen LogP contribution in [0.3, 0.4) is 0 Å². The highest BCUT2D eigenvalue weighted by molar-refractivity contribution is 5.91. The maximum atomic E-state index is 11.7. The van der Waals surface area contributed by atoms with E-state index in [0.29, 0.717) is 11.4 Å². The number of aromatic nitrogens is 4. The molecule has 2 heterocycles. The van der Waals surface area contributed by atoms with Gasteiger partial charge in [-0.05, 0) is 19.1 Å². The maximum absolute atomic E-state index is 11.7. The number of carbonyl (C=O) groups excluding carboxylic acids is 1. The van der Waals surface area contributed by atoms with Gasteiger partial charge in [-0.2, -0.15) is 0 Å². The number of anilines is 1. The van der Waals surface area contributed by atoms with Crippen molar-refractivity contribution in [2.45, 2.75) is 13.5 Å². The second-order valence-electron chi connectivity index (χ2n) is 3.79. The highest BCUT2D eigenvalue weighted by Crippen LogP contribution is 2.10. The van der Waals surface area contributed by atoms with Crippen molar-refractivity contribution in [3.8, 4) is 0 Å². The fraction of sp³-hybridized carbons (Fsp3) is 0.182. The van der Waals surface area contributed by atoms with Gasteiger partial charge in [-0.1, -0.05) is 5.21 Å². The van der Waals surface area contributed by atoms with E-state index in [2.05, 4.69) is 20.6 Å². The topological polar surface area (TPSA) is 110 Å². The molecule has 0 aliphatic rings. The zero-order valence-electron chi connectivity index (χ0n) is 10.1. The van der Waals surface area contributed by atoms with Crippen LogP contribution >= 0.6 is 0 Å². The van der Waals surface area contributed by atoms with E-state index in [1.165, 1.54) is 6.20 Å². The SMILES string of the molecule is Cc1ncccc1NC(=O)Cn1cc(C(=O)O)nn1. The lowest BCUT2D eigenvalue weighted by Crippen LogP contribution is -2.19. The van der Waals surface area contributed by atoms with E-state index in [-0.39, 0.29) is 18.1 Å². The molecule has 0 saturated carbocycles. The molecule has 0 aliphatic carbocycles. The molecular weight excluding hydrogens is 250 g/mol. The standard InChI is InChI=1S/C11H11N5O3/c1-7-8(3-2-4-12-7)13-10(17)6-16-5-9(11(18)19)14-15-16/h2-5H,6H2,1H3,(H,13,17)(H,18,19). The molecule has 0 atom stereocenters. The van der Waals surface area contributed by atoms with Gasteiger partial charge < -0.3 is 10.4 Å². The maximum Gasteiger partial charge on any atom is 0.358 e. The Morgan fingerprint density at radius 3 is 2.89 bits per heavy atom. The van der Waals surface area contributed by atoms with E-state index in [4.69, 9.17) is 5.11 Å². The molecule has 8 nitrogen and oxygen atoms in total. The van der Waals surface area contributed by atoms with Crippen LogP contribution in [-0.4, -0.2) is 37.0 Å². The first-order chi connectivity index (χ1) is 9.06. The minimum absolute atomic E-state index is 0.116. The Morgan fingerprint density at radius 1 is 1.47 bits per heavy atom. The number of hydrogen-bond donors (Lipinski definition) is 2. The van der Waals surface area contributed by atoms with Gasteiger partial charge in [0, 0.05) is 6.20 Å². The van der Waals surface area contributed by atoms with Crippen LogP contribution in [-0.2, 0) is 11.3 Å². The Kier molecular flexibility index (Phi) is 3.51. The number of rotatable bonds is 4. The van der Waals surface area contributed by atoms with Gasteiger partial charge >= 0.3 is 5.97 Å². The number of carboxylic acids is 1. The average molecular weight is 261 g/mol. The molecular formula is C11H11N5O3. The van der Waals surface area contributed by atoms with Gasteiger partial charge in [0.15, 0.2) is 5.69 Å². The molecule has 0 bridgehead atoms. The summed E-state index contributed by atoms with van der Waals surface area (Å²) in [6, 6.07) is 3.44. The summed E-state index contributed by atoms with van der Waals surface area (Å²) in [6.45, 7) is 1.65. The molecule has 2 aromatic heterocycles. The first kappa shape index (κ1) is 12.7. The Morgan fingerprint density at radius 2 is 2.26 bits per heavy atom. The molecule has 0 fully saturated rings. The van der Waals surface area contributed by atoms with Gasteiger partial charge in [-0.25, -0.2) is 9.48 Å². The molecule has 0 spiro atoms. The predicted octanol–water partition coefficient (Wildman–Crippen LogP) is 0.318. The van der Waals surface area contributed by atoms with Crippen molar-refractivity contribution in [3.63, 3.8) is 0 Å². The summed E-state index contributed by atoms with van der Waals surface area (Å²) >= 11 is 0. The summed E-state index contributed by atoms with van der Waals surface area (Å²) in [5.74, 6) is -1.52. The van der Waals surface area contributed by atoms with Crippen molar-refractivity contribution in [1.82, 2.24) is 20.0 Å². The van der Waals surface area contributed by atoms with Crippen LogP contribution in [0.5, 0.6) is 0 Å². The fourth-order valence-electron chi connectivity index (χ4n) is 1.43. The van der Waals surface area contributed by atoms with Crippen LogP contribution in [0.4, 0.5) is 5.69 Å². The van der Waals surface area contributed by atoms with Crippen molar-refractivity contribution < 1.29 is 14.7 Å². The van der Waals surface area contributed by atoms with Crippen LogP contribution in [0, 0.1) is 6.92 Å². The van der Waals surface area contributed by atoms with Crippen molar-refractivity contribution in [1.29, 1.82) is 0 Å². The third-order valence-corrected chi connectivity index (χ3v) is 2.34. The molecule has 0 aromatic carbocycles. The largest absolute Gasteiger partial charge is 0.476 e. The summed E-state index contributed by atoms with van der Waals surface area (Å²) in [5.41, 5.74) is 1.09. The van der Waals surface area contributed by atoms with Crippen molar-refractivity contribution >= 4 is 17.6 Å². The molecule has 0 aliphatic heterocycles. The normalized spacial score (nSPS) is 10.2. The highest BCUT2D eigenvalue weighted by Gasteiger charge is 2.11. The molecule has 1 amide bonds. The molecule has 0 unspecified atom stereocenters. The van der Waals surface area contributed by atoms with Crippen LogP contribution < -0.4 is 5.32 Å². The first-order valence-corrected chi connectivity index (χ1v) is 5.41. The first-order valence-electron chi connectivity index (χ1n) is 5.41. The number of pyridine rings is 1. The minimum Gasteiger partial charge on any atom is -0.476 e. The number of nitrogens with one attached hydrogen (secondary N) is 1. The number of carboxylic acid groups (broad SMARTS) is 1. The van der Waals surface area contributed by atoms with Gasteiger partial charge in [-0.15, -0.1) is 5.10 Å². The van der Waals surface area contributed by atoms with Gasteiger partial charge in [0.05, 0.1) is 17.6 Å². The average Bonchev–Trinajstić information content (AvgIpc) is 2.80. The minimum atomic E-state index is -1.19. The van der Waals surface area contributed by atoms with E-state index >= 15 is 0 Å². The van der Waals surface area contributed by atoms with Gasteiger partial charge in [0.25, 0.3) is 0 Å². The van der Waals surface area contributed by atoms with Gasteiger partial charge in [-0.3, -0.25) is 9.78 Å². The highest BCUT2D eigenvalue weighted by atomic mass is 16.4. The molecule has 2 N–H and O–H groups in total. The Balaban J connectivity index is 2.01. The Labute approximate surface area is 108 Å². The molecule has 2 aromatic rings.